The van der Waals surface area contributed by atoms with Gasteiger partial charge in [-0.1, -0.05) is 12.1 Å². The highest BCUT2D eigenvalue weighted by Gasteiger charge is 2.23. The minimum atomic E-state index is -0.338. The first-order chi connectivity index (χ1) is 12.6. The first-order valence-electron chi connectivity index (χ1n) is 8.63. The average Bonchev–Trinajstić information content (AvgIpc) is 3.00. The molecule has 3 aromatic rings. The Kier molecular flexibility index (Phi) is 4.16. The number of para-hydroxylation sites is 2. The summed E-state index contributed by atoms with van der Waals surface area (Å²) in [6.45, 7) is 4.43. The number of benzene rings is 2. The van der Waals surface area contributed by atoms with Gasteiger partial charge in [0.15, 0.2) is 0 Å². The van der Waals surface area contributed by atoms with E-state index in [4.69, 9.17) is 9.47 Å². The van der Waals surface area contributed by atoms with Gasteiger partial charge in [0.1, 0.15) is 23.3 Å². The molecule has 1 aliphatic rings. The third-order valence-corrected chi connectivity index (χ3v) is 4.23. The van der Waals surface area contributed by atoms with Crippen LogP contribution in [0.3, 0.4) is 0 Å². The molecule has 1 atom stereocenters. The molecule has 6 nitrogen and oxygen atoms in total. The summed E-state index contributed by atoms with van der Waals surface area (Å²) in [7, 11) is 0. The van der Waals surface area contributed by atoms with E-state index in [1.165, 1.54) is 6.20 Å². The molecule has 0 fully saturated rings. The summed E-state index contributed by atoms with van der Waals surface area (Å²) >= 11 is 0. The molecule has 2 aromatic carbocycles. The summed E-state index contributed by atoms with van der Waals surface area (Å²) in [5, 5.41) is 2.87. The van der Waals surface area contributed by atoms with E-state index in [1.807, 2.05) is 50.2 Å². The fraction of sp³-hybridized carbons (Fsp3) is 0.250. The third kappa shape index (κ3) is 3.06. The van der Waals surface area contributed by atoms with Gasteiger partial charge in [0.25, 0.3) is 5.91 Å². The van der Waals surface area contributed by atoms with Crippen LogP contribution in [0.4, 0.5) is 5.69 Å². The van der Waals surface area contributed by atoms with E-state index < -0.39 is 0 Å². The number of ether oxygens (including phenoxy) is 2. The molecule has 1 aromatic heterocycles. The van der Waals surface area contributed by atoms with Crippen molar-refractivity contribution >= 4 is 22.6 Å². The lowest BCUT2D eigenvalue weighted by Gasteiger charge is -2.13. The molecule has 1 N–H and O–H groups in total. The number of aromatic nitrogens is 2. The monoisotopic (exact) mass is 349 g/mol. The summed E-state index contributed by atoms with van der Waals surface area (Å²) in [4.78, 5) is 21.3. The van der Waals surface area contributed by atoms with Crippen LogP contribution in [0, 0.1) is 0 Å². The van der Waals surface area contributed by atoms with Gasteiger partial charge in [0.2, 0.25) is 0 Å². The van der Waals surface area contributed by atoms with Crippen molar-refractivity contribution in [2.45, 2.75) is 26.4 Å². The number of amides is 1. The molecule has 0 bridgehead atoms. The smallest absolute Gasteiger partial charge is 0.275 e. The van der Waals surface area contributed by atoms with E-state index in [9.17, 15) is 4.79 Å². The lowest BCUT2D eigenvalue weighted by atomic mass is 10.1. The Bertz CT molecular complexity index is 987. The van der Waals surface area contributed by atoms with Crippen molar-refractivity contribution in [1.29, 1.82) is 0 Å². The summed E-state index contributed by atoms with van der Waals surface area (Å²) in [5.74, 6) is 1.07. The van der Waals surface area contributed by atoms with Crippen molar-refractivity contribution < 1.29 is 14.3 Å². The lowest BCUT2D eigenvalue weighted by Crippen LogP contribution is -2.15. The van der Waals surface area contributed by atoms with E-state index in [-0.39, 0.29) is 17.7 Å². The minimum absolute atomic E-state index is 0.122. The van der Waals surface area contributed by atoms with Gasteiger partial charge in [-0.15, -0.1) is 0 Å². The topological polar surface area (TPSA) is 73.3 Å². The van der Waals surface area contributed by atoms with Crippen LogP contribution in [0.2, 0.25) is 0 Å². The normalized spacial score (nSPS) is 15.4. The Morgan fingerprint density at radius 1 is 1.31 bits per heavy atom. The number of rotatable bonds is 4. The highest BCUT2D eigenvalue weighted by atomic mass is 16.5. The second-order valence-electron chi connectivity index (χ2n) is 6.22. The van der Waals surface area contributed by atoms with Crippen LogP contribution in [-0.4, -0.2) is 28.6 Å². The van der Waals surface area contributed by atoms with Crippen molar-refractivity contribution in [3.8, 4) is 11.5 Å². The molecule has 0 spiro atoms. The van der Waals surface area contributed by atoms with Gasteiger partial charge in [0.05, 0.1) is 29.5 Å². The van der Waals surface area contributed by atoms with Crippen LogP contribution >= 0.6 is 0 Å². The molecule has 1 amide bonds. The number of anilines is 1. The number of fused-ring (bicyclic) bond motifs is 2. The lowest BCUT2D eigenvalue weighted by molar-refractivity contribution is 0.102. The molecule has 26 heavy (non-hydrogen) atoms. The van der Waals surface area contributed by atoms with Crippen molar-refractivity contribution in [2.24, 2.45) is 0 Å². The fourth-order valence-electron chi connectivity index (χ4n) is 3.06. The Morgan fingerprint density at radius 2 is 2.12 bits per heavy atom. The molecule has 1 aliphatic heterocycles. The minimum Gasteiger partial charge on any atom is -0.492 e. The highest BCUT2D eigenvalue weighted by Crippen LogP contribution is 2.38. The number of hydrogen-bond acceptors (Lipinski definition) is 5. The second-order valence-corrected chi connectivity index (χ2v) is 6.22. The van der Waals surface area contributed by atoms with E-state index in [2.05, 4.69) is 15.3 Å². The van der Waals surface area contributed by atoms with Gasteiger partial charge in [0, 0.05) is 18.1 Å². The number of hydrogen-bond donors (Lipinski definition) is 1. The molecule has 0 saturated heterocycles. The predicted molar refractivity (Wildman–Crippen MR) is 98.9 cm³/mol. The zero-order chi connectivity index (χ0) is 18.1. The Morgan fingerprint density at radius 3 is 2.92 bits per heavy atom. The largest absolute Gasteiger partial charge is 0.492 e. The van der Waals surface area contributed by atoms with Crippen LogP contribution in [-0.2, 0) is 6.42 Å². The molecule has 4 rings (SSSR count). The van der Waals surface area contributed by atoms with Crippen LogP contribution < -0.4 is 14.8 Å². The molecule has 2 heterocycles. The predicted octanol–water partition coefficient (Wildman–Crippen LogP) is 3.60. The fourth-order valence-corrected chi connectivity index (χ4v) is 3.06. The maximum Gasteiger partial charge on any atom is 0.275 e. The van der Waals surface area contributed by atoms with E-state index in [0.29, 0.717) is 23.6 Å². The van der Waals surface area contributed by atoms with Crippen LogP contribution in [0.5, 0.6) is 11.5 Å². The first-order valence-corrected chi connectivity index (χ1v) is 8.63. The Balaban J connectivity index is 1.65. The van der Waals surface area contributed by atoms with Crippen molar-refractivity contribution in [1.82, 2.24) is 9.97 Å². The molecule has 0 aliphatic carbocycles. The maximum atomic E-state index is 12.7. The molecule has 6 heteroatoms. The van der Waals surface area contributed by atoms with Gasteiger partial charge in [-0.3, -0.25) is 9.78 Å². The molecular formula is C20H19N3O3. The van der Waals surface area contributed by atoms with E-state index >= 15 is 0 Å². The molecule has 132 valence electrons. The number of carbonyl (C=O) groups is 1. The summed E-state index contributed by atoms with van der Waals surface area (Å²) < 4.78 is 11.5. The second kappa shape index (κ2) is 6.63. The summed E-state index contributed by atoms with van der Waals surface area (Å²) in [6, 6.07) is 11.2. The molecule has 0 saturated carbocycles. The van der Waals surface area contributed by atoms with Crippen LogP contribution in [0.1, 0.15) is 29.9 Å². The van der Waals surface area contributed by atoms with E-state index in [1.54, 1.807) is 0 Å². The van der Waals surface area contributed by atoms with Gasteiger partial charge in [-0.25, -0.2) is 4.98 Å². The van der Waals surface area contributed by atoms with Crippen LogP contribution in [0.25, 0.3) is 11.0 Å². The van der Waals surface area contributed by atoms with Gasteiger partial charge < -0.3 is 14.8 Å². The van der Waals surface area contributed by atoms with Gasteiger partial charge in [-0.2, -0.15) is 0 Å². The maximum absolute atomic E-state index is 12.7. The van der Waals surface area contributed by atoms with Crippen molar-refractivity contribution in [3.05, 3.63) is 53.9 Å². The average molecular weight is 349 g/mol. The summed E-state index contributed by atoms with van der Waals surface area (Å²) in [5.41, 5.74) is 3.33. The number of nitrogens with zero attached hydrogens (tertiary/aromatic N) is 2. The highest BCUT2D eigenvalue weighted by molar-refractivity contribution is 6.04. The Hall–Kier alpha value is -3.15. The van der Waals surface area contributed by atoms with E-state index in [0.717, 1.165) is 23.3 Å². The summed E-state index contributed by atoms with van der Waals surface area (Å²) in [6.07, 6.45) is 2.43. The SMILES string of the molecule is CCOc1cc2c(cc1NC(=O)c1cnc3ccccc3n1)OC(C)C2. The standard InChI is InChI=1S/C20H19N3O3/c1-3-25-19-9-13-8-12(2)26-18(13)10-16(19)23-20(24)17-11-21-14-6-4-5-7-15(14)22-17/h4-7,9-12H,3,8H2,1-2H3,(H,23,24). The Labute approximate surface area is 151 Å². The van der Waals surface area contributed by atoms with Gasteiger partial charge in [-0.05, 0) is 32.0 Å². The zero-order valence-corrected chi connectivity index (χ0v) is 14.7. The van der Waals surface area contributed by atoms with Gasteiger partial charge >= 0.3 is 0 Å². The molecular weight excluding hydrogens is 330 g/mol. The first kappa shape index (κ1) is 16.3. The number of carbonyl (C=O) groups excluding carboxylic acids is 1. The quantitative estimate of drug-likeness (QED) is 0.779. The number of nitrogens with one attached hydrogen (secondary N) is 1. The van der Waals surface area contributed by atoms with Crippen LogP contribution in [0.15, 0.2) is 42.6 Å². The van der Waals surface area contributed by atoms with Crippen molar-refractivity contribution in [3.63, 3.8) is 0 Å². The molecule has 0 radical (unpaired) electrons. The zero-order valence-electron chi connectivity index (χ0n) is 14.7. The third-order valence-electron chi connectivity index (χ3n) is 4.23. The molecule has 1 unspecified atom stereocenters. The van der Waals surface area contributed by atoms with Crippen molar-refractivity contribution in [2.75, 3.05) is 11.9 Å².